The van der Waals surface area contributed by atoms with Crippen molar-refractivity contribution in [2.45, 2.75) is 6.42 Å². The van der Waals surface area contributed by atoms with Crippen molar-refractivity contribution >= 4 is 17.2 Å². The van der Waals surface area contributed by atoms with Crippen LogP contribution in [0.4, 0.5) is 0 Å². The zero-order valence-corrected chi connectivity index (χ0v) is 8.96. The van der Waals surface area contributed by atoms with Crippen LogP contribution >= 0.6 is 12.2 Å². The molecule has 0 bridgehead atoms. The predicted molar refractivity (Wildman–Crippen MR) is 64.3 cm³/mol. The van der Waals surface area contributed by atoms with E-state index >= 15 is 0 Å². The maximum absolute atomic E-state index is 11.3. The zero-order valence-electron chi connectivity index (χ0n) is 8.14. The molecule has 0 aromatic heterocycles. The maximum Gasteiger partial charge on any atom is 0.204 e. The SMILES string of the molecule is [O-][NH+]1C=CC=C(Cc2ccccc2)C1=S. The summed E-state index contributed by atoms with van der Waals surface area (Å²) in [6.45, 7) is 0. The van der Waals surface area contributed by atoms with Crippen molar-refractivity contribution in [2.75, 3.05) is 0 Å². The highest BCUT2D eigenvalue weighted by atomic mass is 32.1. The normalized spacial score (nSPS) is 20.2. The van der Waals surface area contributed by atoms with Gasteiger partial charge < -0.3 is 10.3 Å². The molecular weight excluding hydrogens is 206 g/mol. The predicted octanol–water partition coefficient (Wildman–Crippen LogP) is 1.39. The fraction of sp³-hybridized carbons (Fsp3) is 0.0833. The lowest BCUT2D eigenvalue weighted by molar-refractivity contribution is -0.680. The van der Waals surface area contributed by atoms with Crippen LogP contribution < -0.4 is 5.06 Å². The summed E-state index contributed by atoms with van der Waals surface area (Å²) in [5, 5.41) is 11.3. The van der Waals surface area contributed by atoms with Crippen molar-refractivity contribution in [1.82, 2.24) is 0 Å². The first-order valence-corrected chi connectivity index (χ1v) is 5.18. The van der Waals surface area contributed by atoms with Gasteiger partial charge >= 0.3 is 0 Å². The van der Waals surface area contributed by atoms with Crippen LogP contribution in [0.1, 0.15) is 5.56 Å². The van der Waals surface area contributed by atoms with Crippen molar-refractivity contribution in [3.63, 3.8) is 0 Å². The van der Waals surface area contributed by atoms with Crippen molar-refractivity contribution < 1.29 is 5.06 Å². The Bertz CT molecular complexity index is 423. The van der Waals surface area contributed by atoms with Gasteiger partial charge in [-0.2, -0.15) is 0 Å². The summed E-state index contributed by atoms with van der Waals surface area (Å²) in [7, 11) is 0. The number of rotatable bonds is 2. The molecule has 3 heteroatoms. The highest BCUT2D eigenvalue weighted by molar-refractivity contribution is 7.80. The number of allylic oxidation sites excluding steroid dienone is 2. The van der Waals surface area contributed by atoms with Gasteiger partial charge in [0.05, 0.1) is 6.20 Å². The molecule has 1 N–H and O–H groups in total. The minimum absolute atomic E-state index is 0.0570. The molecule has 0 amide bonds. The van der Waals surface area contributed by atoms with E-state index in [4.69, 9.17) is 12.2 Å². The Morgan fingerprint density at radius 3 is 2.67 bits per heavy atom. The third-order valence-electron chi connectivity index (χ3n) is 2.30. The maximum atomic E-state index is 11.3. The van der Waals surface area contributed by atoms with Crippen molar-refractivity contribution in [3.8, 4) is 0 Å². The first-order chi connectivity index (χ1) is 7.27. The van der Waals surface area contributed by atoms with Crippen molar-refractivity contribution in [3.05, 3.63) is 65.0 Å². The second kappa shape index (κ2) is 4.49. The standard InChI is InChI=1S/C12H11NOS/c14-13-8-4-7-11(12(13)15)9-10-5-2-1-3-6-10/h1-8,13H,9H2. The fourth-order valence-corrected chi connectivity index (χ4v) is 1.72. The summed E-state index contributed by atoms with van der Waals surface area (Å²) in [4.78, 5) is 0.446. The molecule has 0 spiro atoms. The van der Waals surface area contributed by atoms with Gasteiger partial charge in [0.15, 0.2) is 0 Å². The second-order valence-corrected chi connectivity index (χ2v) is 3.82. The van der Waals surface area contributed by atoms with Gasteiger partial charge in [-0.05, 0) is 29.9 Å². The van der Waals surface area contributed by atoms with E-state index in [1.807, 2.05) is 36.4 Å². The van der Waals surface area contributed by atoms with Crippen molar-refractivity contribution in [1.29, 1.82) is 0 Å². The molecule has 15 heavy (non-hydrogen) atoms. The lowest BCUT2D eigenvalue weighted by Gasteiger charge is -2.21. The molecule has 1 aromatic rings. The molecule has 2 rings (SSSR count). The summed E-state index contributed by atoms with van der Waals surface area (Å²) < 4.78 is 0. The van der Waals surface area contributed by atoms with Crippen molar-refractivity contribution in [2.24, 2.45) is 0 Å². The van der Waals surface area contributed by atoms with Gasteiger partial charge in [-0.25, -0.2) is 0 Å². The van der Waals surface area contributed by atoms with E-state index < -0.39 is 0 Å². The third-order valence-corrected chi connectivity index (χ3v) is 2.76. The van der Waals surface area contributed by atoms with Crippen LogP contribution in [0.5, 0.6) is 0 Å². The molecule has 0 fully saturated rings. The Morgan fingerprint density at radius 2 is 1.93 bits per heavy atom. The number of thiocarbonyl (C=S) groups is 1. The van der Waals surface area contributed by atoms with E-state index in [1.54, 1.807) is 6.08 Å². The first kappa shape index (κ1) is 10.2. The average molecular weight is 217 g/mol. The van der Waals surface area contributed by atoms with E-state index in [2.05, 4.69) is 0 Å². The number of quaternary nitrogens is 1. The molecule has 0 saturated heterocycles. The van der Waals surface area contributed by atoms with E-state index in [0.717, 1.165) is 12.0 Å². The molecule has 0 aliphatic carbocycles. The third kappa shape index (κ3) is 2.39. The lowest BCUT2D eigenvalue weighted by Crippen LogP contribution is -3.05. The molecule has 1 atom stereocenters. The Morgan fingerprint density at radius 1 is 1.20 bits per heavy atom. The van der Waals surface area contributed by atoms with Gasteiger partial charge in [-0.15, -0.1) is 0 Å². The molecule has 1 heterocycles. The van der Waals surface area contributed by atoms with Gasteiger partial charge in [-0.3, -0.25) is 0 Å². The molecule has 0 radical (unpaired) electrons. The van der Waals surface area contributed by atoms with E-state index in [9.17, 15) is 5.21 Å². The first-order valence-electron chi connectivity index (χ1n) is 4.77. The fourth-order valence-electron chi connectivity index (χ4n) is 1.52. The largest absolute Gasteiger partial charge is 0.623 e. The summed E-state index contributed by atoms with van der Waals surface area (Å²) in [6, 6.07) is 10.0. The molecule has 0 saturated carbocycles. The smallest absolute Gasteiger partial charge is 0.204 e. The quantitative estimate of drug-likeness (QED) is 0.599. The van der Waals surface area contributed by atoms with Gasteiger partial charge in [-0.1, -0.05) is 30.3 Å². The lowest BCUT2D eigenvalue weighted by atomic mass is 10.0. The van der Waals surface area contributed by atoms with Crippen LogP contribution in [0.25, 0.3) is 0 Å². The highest BCUT2D eigenvalue weighted by Crippen LogP contribution is 2.09. The number of benzene rings is 1. The van der Waals surface area contributed by atoms with Gasteiger partial charge in [0.25, 0.3) is 0 Å². The van der Waals surface area contributed by atoms with E-state index in [1.165, 1.54) is 11.8 Å². The van der Waals surface area contributed by atoms with Crippen LogP contribution in [-0.4, -0.2) is 4.99 Å². The van der Waals surface area contributed by atoms with Crippen LogP contribution in [-0.2, 0) is 6.42 Å². The number of hydroxylamine groups is 2. The summed E-state index contributed by atoms with van der Waals surface area (Å²) >= 11 is 5.08. The Kier molecular flexibility index (Phi) is 3.06. The minimum Gasteiger partial charge on any atom is -0.623 e. The summed E-state index contributed by atoms with van der Waals surface area (Å²) in [6.07, 6.45) is 5.92. The summed E-state index contributed by atoms with van der Waals surface area (Å²) in [5.41, 5.74) is 2.11. The number of hydrogen-bond acceptors (Lipinski definition) is 2. The van der Waals surface area contributed by atoms with Gasteiger partial charge in [0.1, 0.15) is 0 Å². The van der Waals surface area contributed by atoms with Crippen LogP contribution in [0.3, 0.4) is 0 Å². The van der Waals surface area contributed by atoms with E-state index in [-0.39, 0.29) is 5.06 Å². The number of hydrogen-bond donors (Lipinski definition) is 1. The molecular formula is C12H11NOS. The molecule has 2 nitrogen and oxygen atoms in total. The molecule has 1 aromatic carbocycles. The Hall–Kier alpha value is -1.29. The average Bonchev–Trinajstić information content (AvgIpc) is 2.26. The summed E-state index contributed by atoms with van der Waals surface area (Å²) in [5.74, 6) is 0. The molecule has 1 aliphatic heterocycles. The molecule has 76 valence electrons. The Labute approximate surface area is 94.1 Å². The van der Waals surface area contributed by atoms with E-state index in [0.29, 0.717) is 4.99 Å². The van der Waals surface area contributed by atoms with Gasteiger partial charge in [0, 0.05) is 12.0 Å². The number of nitrogens with one attached hydrogen (secondary N) is 1. The Balaban J connectivity index is 2.16. The topological polar surface area (TPSA) is 27.5 Å². The minimum atomic E-state index is -0.0570. The highest BCUT2D eigenvalue weighted by Gasteiger charge is 2.14. The monoisotopic (exact) mass is 217 g/mol. The van der Waals surface area contributed by atoms with Crippen LogP contribution in [0, 0.1) is 5.21 Å². The zero-order chi connectivity index (χ0) is 10.7. The van der Waals surface area contributed by atoms with Gasteiger partial charge in [0.2, 0.25) is 4.99 Å². The van der Waals surface area contributed by atoms with Crippen LogP contribution in [0.2, 0.25) is 0 Å². The molecule has 1 unspecified atom stereocenters. The second-order valence-electron chi connectivity index (χ2n) is 3.41. The van der Waals surface area contributed by atoms with Crippen LogP contribution in [0.15, 0.2) is 54.3 Å². The molecule has 1 aliphatic rings.